The van der Waals surface area contributed by atoms with E-state index in [1.54, 1.807) is 10.9 Å². The predicted octanol–water partition coefficient (Wildman–Crippen LogP) is 2.58. The Labute approximate surface area is 93.3 Å². The lowest BCUT2D eigenvalue weighted by Gasteiger charge is -2.27. The van der Waals surface area contributed by atoms with Gasteiger partial charge in [-0.2, -0.15) is 5.10 Å². The van der Waals surface area contributed by atoms with Crippen molar-refractivity contribution in [2.75, 3.05) is 0 Å². The van der Waals surface area contributed by atoms with Crippen LogP contribution in [0.2, 0.25) is 0 Å². The van der Waals surface area contributed by atoms with Crippen molar-refractivity contribution in [1.82, 2.24) is 9.78 Å². The van der Waals surface area contributed by atoms with E-state index in [4.69, 9.17) is 0 Å². The first-order valence-corrected chi connectivity index (χ1v) is 5.74. The molecule has 0 aliphatic carbocycles. The molecule has 1 heterocycles. The Morgan fingerprint density at radius 1 is 1.57 bits per heavy atom. The molecule has 0 fully saturated rings. The van der Waals surface area contributed by atoms with E-state index in [-0.39, 0.29) is 0 Å². The van der Waals surface area contributed by atoms with Gasteiger partial charge in [-0.25, -0.2) is 0 Å². The highest BCUT2D eigenvalue weighted by Crippen LogP contribution is 2.34. The van der Waals surface area contributed by atoms with Gasteiger partial charge in [-0.1, -0.05) is 20.3 Å². The fourth-order valence-electron chi connectivity index (χ4n) is 1.81. The number of aryl methyl sites for hydroxylation is 1. The number of aliphatic hydroxyl groups is 1. The molecule has 1 rings (SSSR count). The quantitative estimate of drug-likeness (QED) is 0.904. The summed E-state index contributed by atoms with van der Waals surface area (Å²) in [5.41, 5.74) is 0.126. The van der Waals surface area contributed by atoms with E-state index in [9.17, 15) is 5.11 Å². The summed E-state index contributed by atoms with van der Waals surface area (Å²) in [6, 6.07) is 0. The maximum Gasteiger partial charge on any atom is 0.107 e. The van der Waals surface area contributed by atoms with Gasteiger partial charge in [-0.3, -0.25) is 4.68 Å². The summed E-state index contributed by atoms with van der Waals surface area (Å²) in [4.78, 5) is 0. The topological polar surface area (TPSA) is 38.1 Å². The zero-order valence-electron chi connectivity index (χ0n) is 8.92. The third kappa shape index (κ3) is 2.01. The van der Waals surface area contributed by atoms with E-state index >= 15 is 0 Å². The Bertz CT molecular complexity index is 292. The SMILES string of the molecule is CCCC(O)(CC)c1c(Br)cnn1C. The van der Waals surface area contributed by atoms with Crippen molar-refractivity contribution in [2.45, 2.75) is 38.7 Å². The van der Waals surface area contributed by atoms with Gasteiger partial charge in [0, 0.05) is 7.05 Å². The van der Waals surface area contributed by atoms with Crippen LogP contribution >= 0.6 is 15.9 Å². The number of hydrogen-bond acceptors (Lipinski definition) is 2. The molecule has 0 spiro atoms. The Morgan fingerprint density at radius 2 is 2.21 bits per heavy atom. The molecule has 1 aromatic rings. The second-order valence-electron chi connectivity index (χ2n) is 3.60. The molecular formula is C10H17BrN2O. The van der Waals surface area contributed by atoms with E-state index in [0.29, 0.717) is 6.42 Å². The average Bonchev–Trinajstić information content (AvgIpc) is 2.47. The van der Waals surface area contributed by atoms with Crippen LogP contribution in [0, 0.1) is 0 Å². The smallest absolute Gasteiger partial charge is 0.107 e. The third-order valence-electron chi connectivity index (χ3n) is 2.58. The van der Waals surface area contributed by atoms with Crippen molar-refractivity contribution in [3.05, 3.63) is 16.4 Å². The Balaban J connectivity index is 3.11. The number of aromatic nitrogens is 2. The van der Waals surface area contributed by atoms with Gasteiger partial charge in [0.2, 0.25) is 0 Å². The predicted molar refractivity (Wildman–Crippen MR) is 60.0 cm³/mol. The molecule has 0 amide bonds. The highest BCUT2D eigenvalue weighted by molar-refractivity contribution is 9.10. The second-order valence-corrected chi connectivity index (χ2v) is 4.45. The minimum absolute atomic E-state index is 0.707. The normalized spacial score (nSPS) is 15.5. The van der Waals surface area contributed by atoms with E-state index in [1.807, 2.05) is 14.0 Å². The first-order chi connectivity index (χ1) is 6.55. The minimum atomic E-state index is -0.751. The van der Waals surface area contributed by atoms with Crippen LogP contribution in [0.5, 0.6) is 0 Å². The van der Waals surface area contributed by atoms with Gasteiger partial charge in [0.1, 0.15) is 5.60 Å². The summed E-state index contributed by atoms with van der Waals surface area (Å²) in [6.07, 6.45) is 4.16. The number of halogens is 1. The summed E-state index contributed by atoms with van der Waals surface area (Å²) in [7, 11) is 1.86. The molecule has 1 unspecified atom stereocenters. The van der Waals surface area contributed by atoms with E-state index in [2.05, 4.69) is 28.0 Å². The first kappa shape index (κ1) is 11.7. The van der Waals surface area contributed by atoms with Crippen LogP contribution in [0.25, 0.3) is 0 Å². The molecule has 1 N–H and O–H groups in total. The molecular weight excluding hydrogens is 244 g/mol. The fourth-order valence-corrected chi connectivity index (χ4v) is 2.53. The van der Waals surface area contributed by atoms with Crippen LogP contribution in [0.1, 0.15) is 38.8 Å². The lowest BCUT2D eigenvalue weighted by molar-refractivity contribution is 0.0139. The third-order valence-corrected chi connectivity index (χ3v) is 3.16. The average molecular weight is 261 g/mol. The fraction of sp³-hybridized carbons (Fsp3) is 0.700. The summed E-state index contributed by atoms with van der Waals surface area (Å²) >= 11 is 3.42. The first-order valence-electron chi connectivity index (χ1n) is 4.95. The maximum absolute atomic E-state index is 10.5. The zero-order chi connectivity index (χ0) is 10.8. The Morgan fingerprint density at radius 3 is 2.57 bits per heavy atom. The molecule has 0 aromatic carbocycles. The summed E-state index contributed by atoms with van der Waals surface area (Å²) in [6.45, 7) is 4.07. The van der Waals surface area contributed by atoms with Crippen molar-refractivity contribution in [3.63, 3.8) is 0 Å². The van der Waals surface area contributed by atoms with Gasteiger partial charge in [0.15, 0.2) is 0 Å². The van der Waals surface area contributed by atoms with Crippen LogP contribution in [0.4, 0.5) is 0 Å². The van der Waals surface area contributed by atoms with Crippen molar-refractivity contribution < 1.29 is 5.11 Å². The van der Waals surface area contributed by atoms with Crippen LogP contribution in [0.3, 0.4) is 0 Å². The molecule has 4 heteroatoms. The van der Waals surface area contributed by atoms with Crippen LogP contribution < -0.4 is 0 Å². The van der Waals surface area contributed by atoms with Gasteiger partial charge < -0.3 is 5.11 Å². The van der Waals surface area contributed by atoms with Crippen LogP contribution in [-0.2, 0) is 12.6 Å². The van der Waals surface area contributed by atoms with Gasteiger partial charge >= 0.3 is 0 Å². The van der Waals surface area contributed by atoms with Gasteiger partial charge in [0.05, 0.1) is 16.4 Å². The summed E-state index contributed by atoms with van der Waals surface area (Å²) < 4.78 is 2.63. The molecule has 0 aliphatic rings. The molecule has 0 bridgehead atoms. The van der Waals surface area contributed by atoms with Crippen molar-refractivity contribution in [1.29, 1.82) is 0 Å². The highest BCUT2D eigenvalue weighted by Gasteiger charge is 2.31. The zero-order valence-corrected chi connectivity index (χ0v) is 10.5. The lowest BCUT2D eigenvalue weighted by atomic mass is 9.91. The maximum atomic E-state index is 10.5. The molecule has 0 aliphatic heterocycles. The van der Waals surface area contributed by atoms with Crippen LogP contribution in [0.15, 0.2) is 10.7 Å². The number of rotatable bonds is 4. The molecule has 3 nitrogen and oxygen atoms in total. The lowest BCUT2D eigenvalue weighted by Crippen LogP contribution is -2.28. The van der Waals surface area contributed by atoms with E-state index in [0.717, 1.165) is 23.0 Å². The van der Waals surface area contributed by atoms with Crippen molar-refractivity contribution in [2.24, 2.45) is 7.05 Å². The largest absolute Gasteiger partial charge is 0.384 e. The van der Waals surface area contributed by atoms with E-state index < -0.39 is 5.60 Å². The standard InChI is InChI=1S/C10H17BrN2O/c1-4-6-10(14,5-2)9-8(11)7-12-13(9)3/h7,14H,4-6H2,1-3H3. The molecule has 80 valence electrons. The van der Waals surface area contributed by atoms with Crippen molar-refractivity contribution in [3.8, 4) is 0 Å². The Kier molecular flexibility index (Phi) is 3.72. The molecule has 1 atom stereocenters. The highest BCUT2D eigenvalue weighted by atomic mass is 79.9. The van der Waals surface area contributed by atoms with Gasteiger partial charge in [-0.05, 0) is 28.8 Å². The minimum Gasteiger partial charge on any atom is -0.384 e. The van der Waals surface area contributed by atoms with Crippen molar-refractivity contribution >= 4 is 15.9 Å². The van der Waals surface area contributed by atoms with Gasteiger partial charge in [0.25, 0.3) is 0 Å². The summed E-state index contributed by atoms with van der Waals surface area (Å²) in [5, 5.41) is 14.6. The number of nitrogens with zero attached hydrogens (tertiary/aromatic N) is 2. The van der Waals surface area contributed by atoms with Gasteiger partial charge in [-0.15, -0.1) is 0 Å². The molecule has 14 heavy (non-hydrogen) atoms. The second kappa shape index (κ2) is 4.45. The molecule has 0 saturated carbocycles. The molecule has 1 aromatic heterocycles. The Hall–Kier alpha value is -0.350. The summed E-state index contributed by atoms with van der Waals surface area (Å²) in [5.74, 6) is 0. The van der Waals surface area contributed by atoms with E-state index in [1.165, 1.54) is 0 Å². The number of hydrogen-bond donors (Lipinski definition) is 1. The monoisotopic (exact) mass is 260 g/mol. The molecule has 0 saturated heterocycles. The molecule has 0 radical (unpaired) electrons. The van der Waals surface area contributed by atoms with Crippen LogP contribution in [-0.4, -0.2) is 14.9 Å².